The Morgan fingerprint density at radius 3 is 1.67 bits per heavy atom. The molecule has 0 aliphatic carbocycles. The van der Waals surface area contributed by atoms with Gasteiger partial charge in [0.05, 0.1) is 7.11 Å². The molecule has 36 heavy (non-hydrogen) atoms. The van der Waals surface area contributed by atoms with Crippen LogP contribution in [0.2, 0.25) is 0 Å². The van der Waals surface area contributed by atoms with Gasteiger partial charge in [0.2, 0.25) is 5.91 Å². The highest BCUT2D eigenvalue weighted by Gasteiger charge is 2.20. The van der Waals surface area contributed by atoms with Crippen LogP contribution in [0.15, 0.2) is 5.11 Å². The SMILES string of the molecule is COC(=O)C(CCN=[N+]=[N-])NC(=O)CCCCCCCCCCCCCCCCC(=O)OC(C)(C)C. The van der Waals surface area contributed by atoms with Gasteiger partial charge in [-0.25, -0.2) is 4.79 Å². The maximum atomic E-state index is 12.1. The Labute approximate surface area is 218 Å². The highest BCUT2D eigenvalue weighted by molar-refractivity contribution is 5.84. The Bertz CT molecular complexity index is 657. The summed E-state index contributed by atoms with van der Waals surface area (Å²) >= 11 is 0. The molecule has 208 valence electrons. The lowest BCUT2D eigenvalue weighted by Crippen LogP contribution is -2.41. The number of esters is 2. The van der Waals surface area contributed by atoms with E-state index in [-0.39, 0.29) is 30.4 Å². The Morgan fingerprint density at radius 2 is 1.25 bits per heavy atom. The molecule has 0 bridgehead atoms. The van der Waals surface area contributed by atoms with Crippen LogP contribution < -0.4 is 5.32 Å². The number of hydrogen-bond donors (Lipinski definition) is 1. The van der Waals surface area contributed by atoms with Crippen molar-refractivity contribution < 1.29 is 23.9 Å². The second-order valence-electron chi connectivity index (χ2n) is 10.4. The number of carbonyl (C=O) groups excluding carboxylic acids is 3. The smallest absolute Gasteiger partial charge is 0.328 e. The van der Waals surface area contributed by atoms with E-state index in [1.165, 1.54) is 64.9 Å². The predicted molar refractivity (Wildman–Crippen MR) is 142 cm³/mol. The van der Waals surface area contributed by atoms with Crippen LogP contribution in [0.5, 0.6) is 0 Å². The minimum Gasteiger partial charge on any atom is -0.467 e. The van der Waals surface area contributed by atoms with E-state index in [0.29, 0.717) is 12.8 Å². The van der Waals surface area contributed by atoms with Crippen molar-refractivity contribution in [3.8, 4) is 0 Å². The van der Waals surface area contributed by atoms with Crippen molar-refractivity contribution in [1.82, 2.24) is 5.32 Å². The molecule has 9 heteroatoms. The molecule has 0 rings (SSSR count). The van der Waals surface area contributed by atoms with Gasteiger partial charge in [-0.1, -0.05) is 82.2 Å². The molecule has 1 amide bonds. The fourth-order valence-corrected chi connectivity index (χ4v) is 3.96. The van der Waals surface area contributed by atoms with Gasteiger partial charge in [0, 0.05) is 24.3 Å². The summed E-state index contributed by atoms with van der Waals surface area (Å²) in [5, 5.41) is 6.07. The number of amides is 1. The van der Waals surface area contributed by atoms with Crippen LogP contribution in [-0.4, -0.2) is 43.1 Å². The molecule has 1 unspecified atom stereocenters. The molecule has 0 aliphatic rings. The second-order valence-corrected chi connectivity index (χ2v) is 10.4. The molecule has 0 saturated carbocycles. The van der Waals surface area contributed by atoms with Crippen LogP contribution >= 0.6 is 0 Å². The topological polar surface area (TPSA) is 130 Å². The van der Waals surface area contributed by atoms with E-state index >= 15 is 0 Å². The summed E-state index contributed by atoms with van der Waals surface area (Å²) in [5.41, 5.74) is 7.95. The first-order chi connectivity index (χ1) is 17.2. The summed E-state index contributed by atoms with van der Waals surface area (Å²) in [5.74, 6) is -0.779. The molecule has 0 aromatic carbocycles. The fourth-order valence-electron chi connectivity index (χ4n) is 3.96. The highest BCUT2D eigenvalue weighted by atomic mass is 16.6. The van der Waals surface area contributed by atoms with Gasteiger partial charge >= 0.3 is 11.9 Å². The van der Waals surface area contributed by atoms with Crippen molar-refractivity contribution in [3.05, 3.63) is 10.4 Å². The van der Waals surface area contributed by atoms with E-state index in [4.69, 9.17) is 15.0 Å². The number of nitrogens with zero attached hydrogens (tertiary/aromatic N) is 3. The van der Waals surface area contributed by atoms with Crippen molar-refractivity contribution in [2.75, 3.05) is 13.7 Å². The van der Waals surface area contributed by atoms with E-state index in [1.54, 1.807) is 0 Å². The number of hydrogen-bond acceptors (Lipinski definition) is 6. The zero-order valence-corrected chi connectivity index (χ0v) is 23.2. The van der Waals surface area contributed by atoms with Gasteiger partial charge in [0.25, 0.3) is 0 Å². The minimum absolute atomic E-state index is 0.0860. The van der Waals surface area contributed by atoms with E-state index in [0.717, 1.165) is 32.1 Å². The van der Waals surface area contributed by atoms with Crippen LogP contribution in [0.25, 0.3) is 10.4 Å². The number of azide groups is 1. The van der Waals surface area contributed by atoms with Crippen molar-refractivity contribution >= 4 is 17.8 Å². The summed E-state index contributed by atoms with van der Waals surface area (Å²) in [6, 6.07) is -0.767. The van der Waals surface area contributed by atoms with Gasteiger partial charge in [0.15, 0.2) is 0 Å². The molecule has 0 radical (unpaired) electrons. The van der Waals surface area contributed by atoms with Gasteiger partial charge in [-0.05, 0) is 45.6 Å². The molecule has 9 nitrogen and oxygen atoms in total. The Morgan fingerprint density at radius 1 is 0.806 bits per heavy atom. The molecule has 0 heterocycles. The summed E-state index contributed by atoms with van der Waals surface area (Å²) in [6.45, 7) is 5.84. The maximum absolute atomic E-state index is 12.1. The summed E-state index contributed by atoms with van der Waals surface area (Å²) in [7, 11) is 1.27. The van der Waals surface area contributed by atoms with Crippen LogP contribution in [0.3, 0.4) is 0 Å². The van der Waals surface area contributed by atoms with Crippen molar-refractivity contribution in [2.45, 2.75) is 142 Å². The Kier molecular flexibility index (Phi) is 20.6. The molecule has 1 N–H and O–H groups in total. The van der Waals surface area contributed by atoms with Crippen LogP contribution in [0.1, 0.15) is 130 Å². The fraction of sp³-hybridized carbons (Fsp3) is 0.889. The molecule has 0 aliphatic heterocycles. The van der Waals surface area contributed by atoms with Crippen LogP contribution in [-0.2, 0) is 23.9 Å². The first-order valence-electron chi connectivity index (χ1n) is 13.8. The zero-order valence-electron chi connectivity index (χ0n) is 23.2. The number of methoxy groups -OCH3 is 1. The van der Waals surface area contributed by atoms with E-state index < -0.39 is 12.0 Å². The molecule has 0 spiro atoms. The summed E-state index contributed by atoms with van der Waals surface area (Å²) < 4.78 is 10.0. The Balaban J connectivity index is 3.51. The summed E-state index contributed by atoms with van der Waals surface area (Å²) in [4.78, 5) is 38.1. The van der Waals surface area contributed by atoms with E-state index in [2.05, 4.69) is 15.3 Å². The lowest BCUT2D eigenvalue weighted by molar-refractivity contribution is -0.155. The van der Waals surface area contributed by atoms with Crippen molar-refractivity contribution in [2.24, 2.45) is 5.11 Å². The minimum atomic E-state index is -0.767. The Hall–Kier alpha value is -2.28. The molecule has 0 fully saturated rings. The van der Waals surface area contributed by atoms with Crippen LogP contribution in [0, 0.1) is 0 Å². The predicted octanol–water partition coefficient (Wildman–Crippen LogP) is 6.93. The third-order valence-electron chi connectivity index (χ3n) is 5.86. The first kappa shape index (κ1) is 33.7. The number of ether oxygens (including phenoxy) is 2. The first-order valence-corrected chi connectivity index (χ1v) is 13.8. The third-order valence-corrected chi connectivity index (χ3v) is 5.86. The van der Waals surface area contributed by atoms with Gasteiger partial charge in [-0.2, -0.15) is 0 Å². The standard InChI is InChI=1S/C27H50N4O5/c1-27(2,3)36-25(33)20-18-16-14-12-10-8-6-5-7-9-11-13-15-17-19-24(32)30-23(26(34)35-4)21-22-29-31-28/h23H,5-22H2,1-4H3,(H,30,32). The molecular weight excluding hydrogens is 460 g/mol. The molecule has 0 aromatic rings. The molecule has 1 atom stereocenters. The zero-order chi connectivity index (χ0) is 27.1. The summed E-state index contributed by atoms with van der Waals surface area (Å²) in [6.07, 6.45) is 17.4. The van der Waals surface area contributed by atoms with E-state index in [1.807, 2.05) is 20.8 Å². The number of carbonyl (C=O) groups is 3. The lowest BCUT2D eigenvalue weighted by Gasteiger charge is -2.19. The number of unbranched alkanes of at least 4 members (excludes halogenated alkanes) is 13. The van der Waals surface area contributed by atoms with Gasteiger partial charge in [-0.3, -0.25) is 9.59 Å². The average molecular weight is 511 g/mol. The van der Waals surface area contributed by atoms with Crippen molar-refractivity contribution in [1.29, 1.82) is 0 Å². The van der Waals surface area contributed by atoms with Gasteiger partial charge in [0.1, 0.15) is 11.6 Å². The monoisotopic (exact) mass is 510 g/mol. The second kappa shape index (κ2) is 22.0. The molecular formula is C27H50N4O5. The quantitative estimate of drug-likeness (QED) is 0.0555. The average Bonchev–Trinajstić information content (AvgIpc) is 2.81. The largest absolute Gasteiger partial charge is 0.467 e. The van der Waals surface area contributed by atoms with Gasteiger partial charge < -0.3 is 14.8 Å². The normalized spacial score (nSPS) is 11.9. The van der Waals surface area contributed by atoms with E-state index in [9.17, 15) is 14.4 Å². The van der Waals surface area contributed by atoms with Gasteiger partial charge in [-0.15, -0.1) is 0 Å². The number of nitrogens with one attached hydrogen (secondary N) is 1. The number of rotatable bonds is 22. The lowest BCUT2D eigenvalue weighted by atomic mass is 10.0. The van der Waals surface area contributed by atoms with Crippen molar-refractivity contribution in [3.63, 3.8) is 0 Å². The highest BCUT2D eigenvalue weighted by Crippen LogP contribution is 2.15. The molecule has 0 aromatic heterocycles. The molecule has 0 saturated heterocycles. The maximum Gasteiger partial charge on any atom is 0.328 e. The third kappa shape index (κ3) is 22.2. The van der Waals surface area contributed by atoms with Crippen LogP contribution in [0.4, 0.5) is 0 Å².